The summed E-state index contributed by atoms with van der Waals surface area (Å²) >= 11 is 0. The fourth-order valence-electron chi connectivity index (χ4n) is 2.95. The predicted molar refractivity (Wildman–Crippen MR) is 110 cm³/mol. The number of alkyl halides is 3. The molecule has 2 aromatic carbocycles. The molecule has 6 nitrogen and oxygen atoms in total. The van der Waals surface area contributed by atoms with Crippen LogP contribution in [0, 0.1) is 13.8 Å². The monoisotopic (exact) mass is 448 g/mol. The van der Waals surface area contributed by atoms with E-state index < -0.39 is 12.8 Å². The zero-order chi connectivity index (χ0) is 23.1. The molecule has 0 saturated carbocycles. The minimum absolute atomic E-state index is 0.137. The summed E-state index contributed by atoms with van der Waals surface area (Å²) in [6, 6.07) is 13.7. The second kappa shape index (κ2) is 10.3. The van der Waals surface area contributed by atoms with E-state index >= 15 is 0 Å². The predicted octanol–water partition coefficient (Wildman–Crippen LogP) is 4.88. The van der Waals surface area contributed by atoms with Crippen LogP contribution < -0.4 is 10.1 Å². The molecule has 32 heavy (non-hydrogen) atoms. The van der Waals surface area contributed by atoms with Gasteiger partial charge in [0.15, 0.2) is 0 Å². The van der Waals surface area contributed by atoms with E-state index in [2.05, 4.69) is 15.2 Å². The van der Waals surface area contributed by atoms with Crippen molar-refractivity contribution in [2.45, 2.75) is 39.8 Å². The smallest absolute Gasteiger partial charge is 0.411 e. The first kappa shape index (κ1) is 23.3. The average molecular weight is 448 g/mol. The van der Waals surface area contributed by atoms with E-state index in [0.717, 1.165) is 16.8 Å². The van der Waals surface area contributed by atoms with Crippen molar-refractivity contribution in [2.24, 2.45) is 0 Å². The van der Waals surface area contributed by atoms with Crippen molar-refractivity contribution in [1.82, 2.24) is 10.5 Å². The minimum atomic E-state index is -4.35. The fourth-order valence-corrected chi connectivity index (χ4v) is 2.95. The molecular weight excluding hydrogens is 425 g/mol. The molecule has 0 atom stereocenters. The Morgan fingerprint density at radius 3 is 2.38 bits per heavy atom. The SMILES string of the molecule is Cc1noc(C)c1COc1ccccc1C(=O)NCc1ccc(COCC(F)(F)F)cc1. The standard InChI is InChI=1S/C23H23F3N2O4/c1-15-20(16(2)32-28-15)13-31-21-6-4-3-5-19(21)22(29)27-11-17-7-9-18(10-8-17)12-30-14-23(24,25)26/h3-10H,11-14H2,1-2H3,(H,27,29). The third-order valence-electron chi connectivity index (χ3n) is 4.70. The molecule has 1 heterocycles. The van der Waals surface area contributed by atoms with Gasteiger partial charge in [-0.05, 0) is 37.1 Å². The maximum Gasteiger partial charge on any atom is 0.411 e. The fraction of sp³-hybridized carbons (Fsp3) is 0.304. The average Bonchev–Trinajstić information content (AvgIpc) is 3.08. The maximum absolute atomic E-state index is 12.7. The Balaban J connectivity index is 1.55. The Bertz CT molecular complexity index is 1030. The van der Waals surface area contributed by atoms with Gasteiger partial charge in [-0.2, -0.15) is 13.2 Å². The number of ether oxygens (including phenoxy) is 2. The number of hydrogen-bond acceptors (Lipinski definition) is 5. The molecule has 9 heteroatoms. The van der Waals surface area contributed by atoms with E-state index in [1.807, 2.05) is 6.92 Å². The maximum atomic E-state index is 12.7. The van der Waals surface area contributed by atoms with Crippen molar-refractivity contribution >= 4 is 5.91 Å². The van der Waals surface area contributed by atoms with E-state index in [9.17, 15) is 18.0 Å². The highest BCUT2D eigenvalue weighted by Gasteiger charge is 2.27. The molecule has 0 bridgehead atoms. The van der Waals surface area contributed by atoms with Gasteiger partial charge in [0.25, 0.3) is 5.91 Å². The number of carbonyl (C=O) groups excluding carboxylic acids is 1. The zero-order valence-corrected chi connectivity index (χ0v) is 17.7. The number of hydrogen-bond donors (Lipinski definition) is 1. The van der Waals surface area contributed by atoms with Crippen molar-refractivity contribution in [3.63, 3.8) is 0 Å². The van der Waals surface area contributed by atoms with Crippen LogP contribution in [0.3, 0.4) is 0 Å². The molecule has 3 rings (SSSR count). The number of benzene rings is 2. The van der Waals surface area contributed by atoms with E-state index in [4.69, 9.17) is 9.26 Å². The lowest BCUT2D eigenvalue weighted by Crippen LogP contribution is -2.23. The highest BCUT2D eigenvalue weighted by atomic mass is 19.4. The highest BCUT2D eigenvalue weighted by Crippen LogP contribution is 2.22. The number of para-hydroxylation sites is 1. The molecule has 0 fully saturated rings. The Labute approximate surface area is 183 Å². The topological polar surface area (TPSA) is 73.6 Å². The Morgan fingerprint density at radius 2 is 1.72 bits per heavy atom. The number of carbonyl (C=O) groups is 1. The van der Waals surface area contributed by atoms with Crippen molar-refractivity contribution in [2.75, 3.05) is 6.61 Å². The summed E-state index contributed by atoms with van der Waals surface area (Å²) in [5.74, 6) is 0.788. The zero-order valence-electron chi connectivity index (χ0n) is 17.7. The van der Waals surface area contributed by atoms with Gasteiger partial charge in [-0.15, -0.1) is 0 Å². The number of aryl methyl sites for hydroxylation is 2. The summed E-state index contributed by atoms with van der Waals surface area (Å²) in [7, 11) is 0. The Hall–Kier alpha value is -3.33. The first-order valence-corrected chi connectivity index (χ1v) is 9.87. The molecule has 0 saturated heterocycles. The molecule has 0 aliphatic carbocycles. The molecule has 0 radical (unpaired) electrons. The van der Waals surface area contributed by atoms with Crippen LogP contribution in [-0.4, -0.2) is 23.8 Å². The van der Waals surface area contributed by atoms with Crippen molar-refractivity contribution in [3.05, 3.63) is 82.2 Å². The largest absolute Gasteiger partial charge is 0.488 e. The number of rotatable bonds is 9. The first-order valence-electron chi connectivity index (χ1n) is 9.87. The second-order valence-electron chi connectivity index (χ2n) is 7.19. The molecular formula is C23H23F3N2O4. The molecule has 0 aliphatic heterocycles. The van der Waals surface area contributed by atoms with Gasteiger partial charge in [0, 0.05) is 6.54 Å². The van der Waals surface area contributed by atoms with Gasteiger partial charge in [0.05, 0.1) is 23.4 Å². The van der Waals surface area contributed by atoms with Gasteiger partial charge in [0.1, 0.15) is 24.7 Å². The van der Waals surface area contributed by atoms with Crippen molar-refractivity contribution in [3.8, 4) is 5.75 Å². The molecule has 3 aromatic rings. The summed E-state index contributed by atoms with van der Waals surface area (Å²) in [5, 5.41) is 6.71. The number of halogens is 3. The van der Waals surface area contributed by atoms with Crippen LogP contribution in [0.1, 0.15) is 38.5 Å². The lowest BCUT2D eigenvalue weighted by atomic mass is 10.1. The molecule has 0 spiro atoms. The van der Waals surface area contributed by atoms with E-state index in [0.29, 0.717) is 22.6 Å². The second-order valence-corrected chi connectivity index (χ2v) is 7.19. The first-order chi connectivity index (χ1) is 15.2. The molecule has 1 N–H and O–H groups in total. The van der Waals surface area contributed by atoms with Crippen LogP contribution in [0.2, 0.25) is 0 Å². The minimum Gasteiger partial charge on any atom is -0.488 e. The molecule has 1 amide bonds. The van der Waals surface area contributed by atoms with Gasteiger partial charge in [-0.1, -0.05) is 41.6 Å². The number of amides is 1. The van der Waals surface area contributed by atoms with E-state index in [-0.39, 0.29) is 25.7 Å². The third-order valence-corrected chi connectivity index (χ3v) is 4.70. The third kappa shape index (κ3) is 6.58. The van der Waals surface area contributed by atoms with Crippen LogP contribution in [0.25, 0.3) is 0 Å². The van der Waals surface area contributed by atoms with Gasteiger partial charge in [0.2, 0.25) is 0 Å². The van der Waals surface area contributed by atoms with Crippen LogP contribution in [0.15, 0.2) is 53.1 Å². The summed E-state index contributed by atoms with van der Waals surface area (Å²) in [6.07, 6.45) is -4.35. The number of nitrogens with one attached hydrogen (secondary N) is 1. The van der Waals surface area contributed by atoms with Crippen LogP contribution in [0.5, 0.6) is 5.75 Å². The summed E-state index contributed by atoms with van der Waals surface area (Å²) in [4.78, 5) is 12.7. The van der Waals surface area contributed by atoms with Gasteiger partial charge in [-0.3, -0.25) is 4.79 Å². The lowest BCUT2D eigenvalue weighted by Gasteiger charge is -2.12. The van der Waals surface area contributed by atoms with Crippen molar-refractivity contribution in [1.29, 1.82) is 0 Å². The van der Waals surface area contributed by atoms with Gasteiger partial charge < -0.3 is 19.3 Å². The summed E-state index contributed by atoms with van der Waals surface area (Å²) in [5.41, 5.74) is 3.36. The summed E-state index contributed by atoms with van der Waals surface area (Å²) < 4.78 is 52.0. The van der Waals surface area contributed by atoms with E-state index in [1.54, 1.807) is 55.5 Å². The lowest BCUT2D eigenvalue weighted by molar-refractivity contribution is -0.176. The molecule has 170 valence electrons. The molecule has 0 aliphatic rings. The number of nitrogens with zero attached hydrogens (tertiary/aromatic N) is 1. The Morgan fingerprint density at radius 1 is 1.03 bits per heavy atom. The van der Waals surface area contributed by atoms with Crippen LogP contribution in [0.4, 0.5) is 13.2 Å². The number of aromatic nitrogens is 1. The quantitative estimate of drug-likeness (QED) is 0.505. The normalized spacial score (nSPS) is 11.4. The summed E-state index contributed by atoms with van der Waals surface area (Å²) in [6.45, 7) is 2.67. The van der Waals surface area contributed by atoms with Crippen LogP contribution >= 0.6 is 0 Å². The molecule has 0 unspecified atom stereocenters. The highest BCUT2D eigenvalue weighted by molar-refractivity contribution is 5.96. The van der Waals surface area contributed by atoms with Gasteiger partial charge >= 0.3 is 6.18 Å². The van der Waals surface area contributed by atoms with E-state index in [1.165, 1.54) is 0 Å². The van der Waals surface area contributed by atoms with Crippen molar-refractivity contribution < 1.29 is 32.0 Å². The molecule has 1 aromatic heterocycles. The van der Waals surface area contributed by atoms with Crippen LogP contribution in [-0.2, 0) is 24.5 Å². The Kier molecular flexibility index (Phi) is 7.53. The van der Waals surface area contributed by atoms with Gasteiger partial charge in [-0.25, -0.2) is 0 Å².